The van der Waals surface area contributed by atoms with E-state index in [4.69, 9.17) is 0 Å². The fourth-order valence-corrected chi connectivity index (χ4v) is 3.25. The average Bonchev–Trinajstić information content (AvgIpc) is 2.68. The topological polar surface area (TPSA) is 0 Å². The Balaban J connectivity index is 2.05. The molecule has 0 saturated carbocycles. The molecule has 0 saturated heterocycles. The fraction of sp³-hybridized carbons (Fsp3) is 0.231. The van der Waals surface area contributed by atoms with E-state index in [9.17, 15) is 0 Å². The summed E-state index contributed by atoms with van der Waals surface area (Å²) in [6.45, 7) is 9.04. The summed E-state index contributed by atoms with van der Waals surface area (Å²) in [4.78, 5) is 0. The number of hydrogen-bond donors (Lipinski definition) is 0. The van der Waals surface area contributed by atoms with Gasteiger partial charge in [-0.15, -0.1) is 0 Å². The Morgan fingerprint density at radius 1 is 0.731 bits per heavy atom. The van der Waals surface area contributed by atoms with Gasteiger partial charge in [-0.1, -0.05) is 111 Å². The lowest BCUT2D eigenvalue weighted by atomic mass is 9.77. The molecule has 0 aliphatic rings. The second-order valence-electron chi connectivity index (χ2n) is 7.61. The molecule has 0 N–H and O–H groups in total. The number of rotatable bonds is 5. The van der Waals surface area contributed by atoms with Crippen LogP contribution in [0.5, 0.6) is 0 Å². The van der Waals surface area contributed by atoms with Gasteiger partial charge >= 0.3 is 0 Å². The lowest BCUT2D eigenvalue weighted by molar-refractivity contribution is 0.508. The summed E-state index contributed by atoms with van der Waals surface area (Å²) in [5, 5.41) is 0. The molecule has 0 heteroatoms. The van der Waals surface area contributed by atoms with E-state index < -0.39 is 0 Å². The van der Waals surface area contributed by atoms with Gasteiger partial charge < -0.3 is 0 Å². The van der Waals surface area contributed by atoms with Crippen LogP contribution >= 0.6 is 0 Å². The first kappa shape index (κ1) is 18.2. The van der Waals surface area contributed by atoms with Crippen molar-refractivity contribution in [1.82, 2.24) is 0 Å². The first-order valence-corrected chi connectivity index (χ1v) is 9.45. The molecule has 132 valence electrons. The van der Waals surface area contributed by atoms with Crippen molar-refractivity contribution in [3.05, 3.63) is 95.1 Å². The van der Waals surface area contributed by atoms with Gasteiger partial charge in [-0.25, -0.2) is 0 Å². The molecule has 0 unspecified atom stereocenters. The van der Waals surface area contributed by atoms with Crippen molar-refractivity contribution in [1.29, 1.82) is 0 Å². The van der Waals surface area contributed by atoms with E-state index in [1.807, 2.05) is 0 Å². The van der Waals surface area contributed by atoms with E-state index in [0.717, 1.165) is 6.42 Å². The predicted octanol–water partition coefficient (Wildman–Crippen LogP) is 7.52. The third-order valence-corrected chi connectivity index (χ3v) is 5.32. The summed E-state index contributed by atoms with van der Waals surface area (Å²) in [5.74, 6) is 0. The molecule has 3 aromatic rings. The Morgan fingerprint density at radius 3 is 2.04 bits per heavy atom. The minimum Gasteiger partial charge on any atom is -0.0646 e. The molecule has 3 aromatic carbocycles. The maximum Gasteiger partial charge on any atom is -0.0100 e. The van der Waals surface area contributed by atoms with Crippen LogP contribution in [-0.2, 0) is 5.41 Å². The van der Waals surface area contributed by atoms with E-state index in [2.05, 4.69) is 113 Å². The molecular formula is C26H28. The molecule has 0 heterocycles. The first-order valence-electron chi connectivity index (χ1n) is 9.45. The normalized spacial score (nSPS) is 11.8. The summed E-state index contributed by atoms with van der Waals surface area (Å²) in [6, 6.07) is 26.2. The molecule has 3 rings (SSSR count). The number of hydrogen-bond acceptors (Lipinski definition) is 0. The van der Waals surface area contributed by atoms with Gasteiger partial charge in [0.15, 0.2) is 0 Å². The smallest absolute Gasteiger partial charge is 0.0100 e. The minimum absolute atomic E-state index is 0.157. The average molecular weight is 341 g/mol. The predicted molar refractivity (Wildman–Crippen MR) is 115 cm³/mol. The van der Waals surface area contributed by atoms with Crippen LogP contribution in [0, 0.1) is 6.92 Å². The van der Waals surface area contributed by atoms with Crippen molar-refractivity contribution in [3.63, 3.8) is 0 Å². The van der Waals surface area contributed by atoms with E-state index >= 15 is 0 Å². The maximum absolute atomic E-state index is 2.33. The Morgan fingerprint density at radius 2 is 1.35 bits per heavy atom. The molecular weight excluding hydrogens is 312 g/mol. The molecule has 0 bridgehead atoms. The van der Waals surface area contributed by atoms with Crippen LogP contribution in [0.1, 0.15) is 49.4 Å². The standard InChI is InChI=1S/C26H28/c1-5-26(3,4)25-13-9-8-12-24(25)23-11-7-6-10-22(23)19-18-21-16-14-20(2)15-17-21/h6-19H,5H2,1-4H3/b19-18+. The van der Waals surface area contributed by atoms with Crippen LogP contribution in [0.4, 0.5) is 0 Å². The van der Waals surface area contributed by atoms with E-state index in [1.165, 1.54) is 33.4 Å². The summed E-state index contributed by atoms with van der Waals surface area (Å²) >= 11 is 0. The Bertz CT molecular complexity index is 895. The number of aryl methyl sites for hydroxylation is 1. The van der Waals surface area contributed by atoms with Gasteiger partial charge in [0.1, 0.15) is 0 Å². The fourth-order valence-electron chi connectivity index (χ4n) is 3.25. The number of benzene rings is 3. The monoisotopic (exact) mass is 340 g/mol. The molecule has 0 nitrogen and oxygen atoms in total. The highest BCUT2D eigenvalue weighted by Gasteiger charge is 2.22. The van der Waals surface area contributed by atoms with Crippen LogP contribution in [-0.4, -0.2) is 0 Å². The summed E-state index contributed by atoms with van der Waals surface area (Å²) in [5.41, 5.74) is 7.98. The van der Waals surface area contributed by atoms with Gasteiger partial charge in [-0.2, -0.15) is 0 Å². The molecule has 0 amide bonds. The van der Waals surface area contributed by atoms with E-state index in [-0.39, 0.29) is 5.41 Å². The molecule has 0 atom stereocenters. The minimum atomic E-state index is 0.157. The van der Waals surface area contributed by atoms with Crippen molar-refractivity contribution in [2.75, 3.05) is 0 Å². The lowest BCUT2D eigenvalue weighted by Crippen LogP contribution is -2.16. The third-order valence-electron chi connectivity index (χ3n) is 5.32. The van der Waals surface area contributed by atoms with Gasteiger partial charge in [0.05, 0.1) is 0 Å². The highest BCUT2D eigenvalue weighted by Crippen LogP contribution is 2.37. The van der Waals surface area contributed by atoms with Gasteiger partial charge in [-0.3, -0.25) is 0 Å². The van der Waals surface area contributed by atoms with Crippen LogP contribution in [0.2, 0.25) is 0 Å². The SMILES string of the molecule is CCC(C)(C)c1ccccc1-c1ccccc1/C=C/c1ccc(C)cc1. The molecule has 0 aromatic heterocycles. The summed E-state index contributed by atoms with van der Waals surface area (Å²) in [7, 11) is 0. The molecule has 0 aliphatic carbocycles. The van der Waals surface area contributed by atoms with Crippen molar-refractivity contribution < 1.29 is 0 Å². The lowest BCUT2D eigenvalue weighted by Gasteiger charge is -2.27. The highest BCUT2D eigenvalue weighted by atomic mass is 14.3. The Hall–Kier alpha value is -2.60. The van der Waals surface area contributed by atoms with Crippen molar-refractivity contribution >= 4 is 12.2 Å². The zero-order valence-corrected chi connectivity index (χ0v) is 16.3. The molecule has 0 fully saturated rings. The van der Waals surface area contributed by atoms with Crippen LogP contribution in [0.15, 0.2) is 72.8 Å². The second-order valence-corrected chi connectivity index (χ2v) is 7.61. The Labute approximate surface area is 158 Å². The first-order chi connectivity index (χ1) is 12.5. The largest absolute Gasteiger partial charge is 0.0646 e. The summed E-state index contributed by atoms with van der Waals surface area (Å²) in [6.07, 6.45) is 5.55. The zero-order valence-electron chi connectivity index (χ0n) is 16.3. The van der Waals surface area contributed by atoms with Crippen LogP contribution in [0.25, 0.3) is 23.3 Å². The molecule has 0 radical (unpaired) electrons. The molecule has 26 heavy (non-hydrogen) atoms. The maximum atomic E-state index is 2.33. The van der Waals surface area contributed by atoms with Gasteiger partial charge in [-0.05, 0) is 46.6 Å². The summed E-state index contributed by atoms with van der Waals surface area (Å²) < 4.78 is 0. The van der Waals surface area contributed by atoms with Crippen molar-refractivity contribution in [2.45, 2.75) is 39.5 Å². The molecule has 0 spiro atoms. The van der Waals surface area contributed by atoms with Crippen molar-refractivity contribution in [3.8, 4) is 11.1 Å². The highest BCUT2D eigenvalue weighted by molar-refractivity contribution is 5.82. The zero-order chi connectivity index (χ0) is 18.6. The van der Waals surface area contributed by atoms with Crippen LogP contribution < -0.4 is 0 Å². The van der Waals surface area contributed by atoms with Gasteiger partial charge in [0, 0.05) is 0 Å². The van der Waals surface area contributed by atoms with Crippen LogP contribution in [0.3, 0.4) is 0 Å². The molecule has 0 aliphatic heterocycles. The van der Waals surface area contributed by atoms with E-state index in [1.54, 1.807) is 0 Å². The second kappa shape index (κ2) is 7.74. The van der Waals surface area contributed by atoms with E-state index in [0.29, 0.717) is 0 Å². The Kier molecular flexibility index (Phi) is 5.42. The van der Waals surface area contributed by atoms with Crippen molar-refractivity contribution in [2.24, 2.45) is 0 Å². The van der Waals surface area contributed by atoms with Gasteiger partial charge in [0.2, 0.25) is 0 Å². The quantitative estimate of drug-likeness (QED) is 0.421. The van der Waals surface area contributed by atoms with Gasteiger partial charge in [0.25, 0.3) is 0 Å². The third kappa shape index (κ3) is 3.96.